The van der Waals surface area contributed by atoms with Gasteiger partial charge in [-0.05, 0) is 25.7 Å². The number of nitrogens with one attached hydrogen (secondary N) is 1. The van der Waals surface area contributed by atoms with Crippen LogP contribution in [-0.2, 0) is 9.59 Å². The third-order valence-electron chi connectivity index (χ3n) is 3.73. The van der Waals surface area contributed by atoms with E-state index in [1.165, 1.54) is 6.42 Å². The van der Waals surface area contributed by atoms with Crippen molar-refractivity contribution >= 4 is 11.8 Å². The Morgan fingerprint density at radius 3 is 2.16 bits per heavy atom. The molecule has 0 spiro atoms. The molecule has 1 fully saturated rings. The van der Waals surface area contributed by atoms with E-state index in [9.17, 15) is 9.59 Å². The number of nitrogens with zero attached hydrogens (tertiary/aromatic N) is 1. The Hall–Kier alpha value is -1.06. The van der Waals surface area contributed by atoms with Gasteiger partial charge < -0.3 is 10.2 Å². The summed E-state index contributed by atoms with van der Waals surface area (Å²) < 4.78 is 0. The highest BCUT2D eigenvalue weighted by Gasteiger charge is 2.22. The molecule has 0 atom stereocenters. The number of hydrogen-bond donors (Lipinski definition) is 1. The Morgan fingerprint density at radius 2 is 1.63 bits per heavy atom. The smallest absolute Gasteiger partial charge is 0.241 e. The van der Waals surface area contributed by atoms with Gasteiger partial charge in [-0.25, -0.2) is 0 Å². The van der Waals surface area contributed by atoms with Crippen molar-refractivity contribution in [3.05, 3.63) is 0 Å². The fourth-order valence-electron chi connectivity index (χ4n) is 2.68. The maximum absolute atomic E-state index is 12.0. The summed E-state index contributed by atoms with van der Waals surface area (Å²) in [6, 6.07) is 0. The van der Waals surface area contributed by atoms with E-state index in [0.29, 0.717) is 0 Å². The summed E-state index contributed by atoms with van der Waals surface area (Å²) in [5.74, 6) is 0.251. The lowest BCUT2D eigenvalue weighted by Gasteiger charge is -2.23. The summed E-state index contributed by atoms with van der Waals surface area (Å²) >= 11 is 0. The predicted octanol–water partition coefficient (Wildman–Crippen LogP) is 2.33. The highest BCUT2D eigenvalue weighted by Crippen LogP contribution is 2.23. The lowest BCUT2D eigenvalue weighted by atomic mass is 9.89. The maximum Gasteiger partial charge on any atom is 0.241 e. The Kier molecular flexibility index (Phi) is 7.53. The molecule has 19 heavy (non-hydrogen) atoms. The van der Waals surface area contributed by atoms with Crippen molar-refractivity contribution in [1.29, 1.82) is 0 Å². The molecule has 1 rings (SSSR count). The Bertz CT molecular complexity index is 280. The van der Waals surface area contributed by atoms with Crippen molar-refractivity contribution in [2.24, 2.45) is 5.92 Å². The molecule has 0 radical (unpaired) electrons. The molecule has 0 saturated heterocycles. The van der Waals surface area contributed by atoms with Crippen LogP contribution < -0.4 is 5.32 Å². The molecule has 0 aromatic carbocycles. The summed E-state index contributed by atoms with van der Waals surface area (Å²) in [5, 5.41) is 2.82. The van der Waals surface area contributed by atoms with Gasteiger partial charge >= 0.3 is 0 Å². The van der Waals surface area contributed by atoms with Crippen molar-refractivity contribution < 1.29 is 9.59 Å². The second-order valence-electron chi connectivity index (χ2n) is 5.43. The summed E-state index contributed by atoms with van der Waals surface area (Å²) in [4.78, 5) is 25.8. The molecule has 0 aliphatic heterocycles. The van der Waals surface area contributed by atoms with Gasteiger partial charge in [0.05, 0.1) is 6.54 Å². The number of rotatable bonds is 7. The van der Waals surface area contributed by atoms with Gasteiger partial charge in [-0.2, -0.15) is 0 Å². The summed E-state index contributed by atoms with van der Waals surface area (Å²) in [7, 11) is 0. The maximum atomic E-state index is 12.0. The van der Waals surface area contributed by atoms with Crippen LogP contribution in [0.1, 0.15) is 58.8 Å². The van der Waals surface area contributed by atoms with E-state index in [2.05, 4.69) is 19.2 Å². The average Bonchev–Trinajstić information content (AvgIpc) is 2.45. The SMILES string of the molecule is CCCN(CCC)C(=O)CNC(=O)C1CCCCC1. The standard InChI is InChI=1S/C15H28N2O2/c1-3-10-17(11-4-2)14(18)12-16-15(19)13-8-6-5-7-9-13/h13H,3-12H2,1-2H3,(H,16,19). The normalized spacial score (nSPS) is 16.1. The van der Waals surface area contributed by atoms with Gasteiger partial charge in [0.1, 0.15) is 0 Å². The third-order valence-corrected chi connectivity index (χ3v) is 3.73. The van der Waals surface area contributed by atoms with Crippen molar-refractivity contribution in [2.45, 2.75) is 58.8 Å². The van der Waals surface area contributed by atoms with E-state index in [-0.39, 0.29) is 24.3 Å². The van der Waals surface area contributed by atoms with Crippen LogP contribution in [0.4, 0.5) is 0 Å². The molecule has 1 aliphatic rings. The zero-order chi connectivity index (χ0) is 14.1. The van der Waals surface area contributed by atoms with Crippen LogP contribution in [-0.4, -0.2) is 36.3 Å². The van der Waals surface area contributed by atoms with Gasteiger partial charge in [0.25, 0.3) is 0 Å². The van der Waals surface area contributed by atoms with Gasteiger partial charge in [0.15, 0.2) is 0 Å². The Labute approximate surface area is 116 Å². The fraction of sp³-hybridized carbons (Fsp3) is 0.867. The Balaban J connectivity index is 2.32. The summed E-state index contributed by atoms with van der Waals surface area (Å²) in [5.41, 5.74) is 0. The molecule has 0 bridgehead atoms. The molecule has 4 heteroatoms. The first-order valence-electron chi connectivity index (χ1n) is 7.74. The topological polar surface area (TPSA) is 49.4 Å². The van der Waals surface area contributed by atoms with Crippen LogP contribution in [0, 0.1) is 5.92 Å². The third kappa shape index (κ3) is 5.62. The lowest BCUT2D eigenvalue weighted by Crippen LogP contribution is -2.42. The molecular weight excluding hydrogens is 240 g/mol. The van der Waals surface area contributed by atoms with Crippen LogP contribution in [0.2, 0.25) is 0 Å². The minimum absolute atomic E-state index is 0.0489. The molecule has 1 N–H and O–H groups in total. The van der Waals surface area contributed by atoms with E-state index >= 15 is 0 Å². The van der Waals surface area contributed by atoms with Crippen molar-refractivity contribution in [3.8, 4) is 0 Å². The van der Waals surface area contributed by atoms with Gasteiger partial charge in [-0.15, -0.1) is 0 Å². The predicted molar refractivity (Wildman–Crippen MR) is 76.7 cm³/mol. The zero-order valence-electron chi connectivity index (χ0n) is 12.4. The first kappa shape index (κ1) is 16.0. The lowest BCUT2D eigenvalue weighted by molar-refractivity contribution is -0.134. The second-order valence-corrected chi connectivity index (χ2v) is 5.43. The largest absolute Gasteiger partial charge is 0.347 e. The first-order chi connectivity index (χ1) is 9.19. The van der Waals surface area contributed by atoms with Crippen LogP contribution in [0.25, 0.3) is 0 Å². The van der Waals surface area contributed by atoms with E-state index < -0.39 is 0 Å². The van der Waals surface area contributed by atoms with E-state index in [1.807, 2.05) is 4.90 Å². The molecule has 1 saturated carbocycles. The minimum atomic E-state index is 0.0489. The van der Waals surface area contributed by atoms with E-state index in [1.54, 1.807) is 0 Å². The molecule has 4 nitrogen and oxygen atoms in total. The monoisotopic (exact) mass is 268 g/mol. The molecule has 0 heterocycles. The van der Waals surface area contributed by atoms with Crippen LogP contribution >= 0.6 is 0 Å². The molecule has 0 unspecified atom stereocenters. The van der Waals surface area contributed by atoms with Gasteiger partial charge in [-0.3, -0.25) is 9.59 Å². The van der Waals surface area contributed by atoms with Crippen LogP contribution in [0.3, 0.4) is 0 Å². The van der Waals surface area contributed by atoms with E-state index in [0.717, 1.165) is 51.6 Å². The average molecular weight is 268 g/mol. The van der Waals surface area contributed by atoms with Crippen LogP contribution in [0.5, 0.6) is 0 Å². The number of carbonyl (C=O) groups is 2. The minimum Gasteiger partial charge on any atom is -0.347 e. The quantitative estimate of drug-likeness (QED) is 0.770. The van der Waals surface area contributed by atoms with Gasteiger partial charge in [0, 0.05) is 19.0 Å². The number of hydrogen-bond acceptors (Lipinski definition) is 2. The Morgan fingerprint density at radius 1 is 1.05 bits per heavy atom. The molecular formula is C15H28N2O2. The van der Waals surface area contributed by atoms with Crippen molar-refractivity contribution in [3.63, 3.8) is 0 Å². The second kappa shape index (κ2) is 8.94. The van der Waals surface area contributed by atoms with Gasteiger partial charge in [-0.1, -0.05) is 33.1 Å². The van der Waals surface area contributed by atoms with Crippen molar-refractivity contribution in [2.75, 3.05) is 19.6 Å². The molecule has 0 aromatic rings. The molecule has 1 aliphatic carbocycles. The molecule has 0 aromatic heterocycles. The summed E-state index contributed by atoms with van der Waals surface area (Å²) in [6.45, 7) is 5.86. The summed E-state index contributed by atoms with van der Waals surface area (Å²) in [6.07, 6.45) is 7.41. The van der Waals surface area contributed by atoms with E-state index in [4.69, 9.17) is 0 Å². The van der Waals surface area contributed by atoms with Crippen LogP contribution in [0.15, 0.2) is 0 Å². The fourth-order valence-corrected chi connectivity index (χ4v) is 2.68. The molecule has 110 valence electrons. The first-order valence-corrected chi connectivity index (χ1v) is 7.74. The van der Waals surface area contributed by atoms with Gasteiger partial charge in [0.2, 0.25) is 11.8 Å². The number of amides is 2. The van der Waals surface area contributed by atoms with Crippen molar-refractivity contribution in [1.82, 2.24) is 10.2 Å². The highest BCUT2D eigenvalue weighted by molar-refractivity contribution is 5.85. The zero-order valence-corrected chi connectivity index (χ0v) is 12.4. The molecule has 2 amide bonds. The highest BCUT2D eigenvalue weighted by atomic mass is 16.2. The number of carbonyl (C=O) groups excluding carboxylic acids is 2.